The van der Waals surface area contributed by atoms with Crippen LogP contribution in [0, 0.1) is 0 Å². The van der Waals surface area contributed by atoms with E-state index in [-0.39, 0.29) is 31.4 Å². The third-order valence-corrected chi connectivity index (χ3v) is 4.83. The SMILES string of the molecule is COc1ccc(CC(=O)Nc2ccc([C@@H](O)[C@H]3COCC(=O)N3C)cc2)cc1. The highest BCUT2D eigenvalue weighted by atomic mass is 16.5. The Labute approximate surface area is 163 Å². The Hall–Kier alpha value is -2.90. The van der Waals surface area contributed by atoms with Crippen LogP contribution in [-0.2, 0) is 20.7 Å². The van der Waals surface area contributed by atoms with Gasteiger partial charge in [0, 0.05) is 12.7 Å². The summed E-state index contributed by atoms with van der Waals surface area (Å²) >= 11 is 0. The number of rotatable bonds is 6. The van der Waals surface area contributed by atoms with Crippen LogP contribution in [0.1, 0.15) is 17.2 Å². The van der Waals surface area contributed by atoms with Gasteiger partial charge in [-0.3, -0.25) is 9.59 Å². The Bertz CT molecular complexity index is 820. The zero-order valence-corrected chi connectivity index (χ0v) is 15.9. The van der Waals surface area contributed by atoms with Crippen molar-refractivity contribution in [3.8, 4) is 5.75 Å². The first kappa shape index (κ1) is 19.9. The number of hydrogen-bond acceptors (Lipinski definition) is 5. The third-order valence-electron chi connectivity index (χ3n) is 4.83. The molecular formula is C21H24N2O5. The molecule has 1 heterocycles. The number of nitrogens with one attached hydrogen (secondary N) is 1. The lowest BCUT2D eigenvalue weighted by molar-refractivity contribution is -0.151. The number of carbonyl (C=O) groups excluding carboxylic acids is 2. The molecular weight excluding hydrogens is 360 g/mol. The number of nitrogens with zero attached hydrogens (tertiary/aromatic N) is 1. The smallest absolute Gasteiger partial charge is 0.248 e. The minimum absolute atomic E-state index is 0.0406. The molecule has 28 heavy (non-hydrogen) atoms. The normalized spacial score (nSPS) is 17.9. The van der Waals surface area contributed by atoms with Gasteiger partial charge < -0.3 is 24.8 Å². The quantitative estimate of drug-likeness (QED) is 0.793. The molecule has 1 aliphatic heterocycles. The van der Waals surface area contributed by atoms with E-state index in [0.29, 0.717) is 11.3 Å². The molecule has 1 saturated heterocycles. The predicted molar refractivity (Wildman–Crippen MR) is 104 cm³/mol. The van der Waals surface area contributed by atoms with Crippen LogP contribution < -0.4 is 10.1 Å². The lowest BCUT2D eigenvalue weighted by Crippen LogP contribution is -2.49. The van der Waals surface area contributed by atoms with Gasteiger partial charge in [-0.2, -0.15) is 0 Å². The van der Waals surface area contributed by atoms with Crippen LogP contribution in [0.4, 0.5) is 5.69 Å². The second-order valence-electron chi connectivity index (χ2n) is 6.73. The summed E-state index contributed by atoms with van der Waals surface area (Å²) in [5.41, 5.74) is 2.18. The Morgan fingerprint density at radius 3 is 2.57 bits per heavy atom. The highest BCUT2D eigenvalue weighted by molar-refractivity contribution is 5.92. The summed E-state index contributed by atoms with van der Waals surface area (Å²) in [6.07, 6.45) is -0.612. The van der Waals surface area contributed by atoms with E-state index in [1.54, 1.807) is 38.4 Å². The second kappa shape index (κ2) is 8.86. The van der Waals surface area contributed by atoms with Crippen molar-refractivity contribution < 1.29 is 24.2 Å². The minimum atomic E-state index is -0.863. The third kappa shape index (κ3) is 4.68. The van der Waals surface area contributed by atoms with E-state index in [0.717, 1.165) is 11.3 Å². The van der Waals surface area contributed by atoms with E-state index in [9.17, 15) is 14.7 Å². The molecule has 3 rings (SSSR count). The van der Waals surface area contributed by atoms with E-state index in [1.165, 1.54) is 4.90 Å². The lowest BCUT2D eigenvalue weighted by atomic mass is 10.0. The number of aliphatic hydroxyl groups is 1. The first-order chi connectivity index (χ1) is 13.5. The number of carbonyl (C=O) groups is 2. The number of ether oxygens (including phenoxy) is 2. The Kier molecular flexibility index (Phi) is 6.28. The summed E-state index contributed by atoms with van der Waals surface area (Å²) in [4.78, 5) is 25.5. The molecule has 0 aromatic heterocycles. The minimum Gasteiger partial charge on any atom is -0.497 e. The molecule has 0 spiro atoms. The van der Waals surface area contributed by atoms with Crippen molar-refractivity contribution in [1.29, 1.82) is 0 Å². The van der Waals surface area contributed by atoms with Crippen LogP contribution in [0.2, 0.25) is 0 Å². The summed E-state index contributed by atoms with van der Waals surface area (Å²) in [6.45, 7) is 0.322. The molecule has 0 saturated carbocycles. The summed E-state index contributed by atoms with van der Waals surface area (Å²) in [6, 6.07) is 13.8. The van der Waals surface area contributed by atoms with Crippen LogP contribution in [0.25, 0.3) is 0 Å². The molecule has 2 atom stereocenters. The zero-order chi connectivity index (χ0) is 20.1. The summed E-state index contributed by atoms with van der Waals surface area (Å²) in [5.74, 6) is 0.455. The van der Waals surface area contributed by atoms with Crippen molar-refractivity contribution in [1.82, 2.24) is 4.90 Å². The van der Waals surface area contributed by atoms with Crippen molar-refractivity contribution in [2.24, 2.45) is 0 Å². The summed E-state index contributed by atoms with van der Waals surface area (Å²) in [7, 11) is 3.26. The van der Waals surface area contributed by atoms with Crippen LogP contribution in [0.3, 0.4) is 0 Å². The van der Waals surface area contributed by atoms with Crippen LogP contribution >= 0.6 is 0 Å². The fraction of sp³-hybridized carbons (Fsp3) is 0.333. The molecule has 0 unspecified atom stereocenters. The van der Waals surface area contributed by atoms with Crippen LogP contribution in [0.5, 0.6) is 5.75 Å². The van der Waals surface area contributed by atoms with Gasteiger partial charge in [-0.05, 0) is 35.4 Å². The molecule has 2 amide bonds. The van der Waals surface area contributed by atoms with Gasteiger partial charge >= 0.3 is 0 Å². The predicted octanol–water partition coefficient (Wildman–Crippen LogP) is 1.77. The Morgan fingerprint density at radius 2 is 1.93 bits per heavy atom. The molecule has 0 bridgehead atoms. The average Bonchev–Trinajstić information content (AvgIpc) is 2.70. The highest BCUT2D eigenvalue weighted by Gasteiger charge is 2.32. The highest BCUT2D eigenvalue weighted by Crippen LogP contribution is 2.24. The molecule has 2 N–H and O–H groups in total. The lowest BCUT2D eigenvalue weighted by Gasteiger charge is -2.35. The van der Waals surface area contributed by atoms with Crippen molar-refractivity contribution >= 4 is 17.5 Å². The number of methoxy groups -OCH3 is 1. The van der Waals surface area contributed by atoms with Gasteiger partial charge in [0.25, 0.3) is 0 Å². The van der Waals surface area contributed by atoms with Gasteiger partial charge in [-0.15, -0.1) is 0 Å². The molecule has 2 aromatic carbocycles. The summed E-state index contributed by atoms with van der Waals surface area (Å²) in [5, 5.41) is 13.4. The van der Waals surface area contributed by atoms with Gasteiger partial charge in [-0.25, -0.2) is 0 Å². The van der Waals surface area contributed by atoms with E-state index >= 15 is 0 Å². The first-order valence-corrected chi connectivity index (χ1v) is 9.02. The number of anilines is 1. The van der Waals surface area contributed by atoms with Crippen molar-refractivity contribution in [2.75, 3.05) is 32.7 Å². The zero-order valence-electron chi connectivity index (χ0n) is 15.9. The number of aliphatic hydroxyl groups excluding tert-OH is 1. The second-order valence-corrected chi connectivity index (χ2v) is 6.73. The number of hydrogen-bond donors (Lipinski definition) is 2. The maximum Gasteiger partial charge on any atom is 0.248 e. The molecule has 0 radical (unpaired) electrons. The van der Waals surface area contributed by atoms with Crippen molar-refractivity contribution in [2.45, 2.75) is 18.6 Å². The number of benzene rings is 2. The van der Waals surface area contributed by atoms with Gasteiger partial charge in [0.2, 0.25) is 11.8 Å². The largest absolute Gasteiger partial charge is 0.497 e. The van der Waals surface area contributed by atoms with Crippen LogP contribution in [-0.4, -0.2) is 55.2 Å². The van der Waals surface area contributed by atoms with Crippen molar-refractivity contribution in [3.05, 3.63) is 59.7 Å². The fourth-order valence-corrected chi connectivity index (χ4v) is 3.09. The summed E-state index contributed by atoms with van der Waals surface area (Å²) < 4.78 is 10.3. The molecule has 1 aliphatic rings. The van der Waals surface area contributed by atoms with E-state index < -0.39 is 12.1 Å². The number of amides is 2. The first-order valence-electron chi connectivity index (χ1n) is 9.02. The van der Waals surface area contributed by atoms with Gasteiger partial charge in [0.05, 0.1) is 26.2 Å². The number of likely N-dealkylation sites (N-methyl/N-ethyl adjacent to an activating group) is 1. The fourth-order valence-electron chi connectivity index (χ4n) is 3.09. The molecule has 7 heteroatoms. The van der Waals surface area contributed by atoms with E-state index in [2.05, 4.69) is 5.32 Å². The van der Waals surface area contributed by atoms with E-state index in [4.69, 9.17) is 9.47 Å². The number of morpholine rings is 1. The molecule has 148 valence electrons. The van der Waals surface area contributed by atoms with Crippen molar-refractivity contribution in [3.63, 3.8) is 0 Å². The molecule has 1 fully saturated rings. The average molecular weight is 384 g/mol. The monoisotopic (exact) mass is 384 g/mol. The molecule has 2 aromatic rings. The van der Waals surface area contributed by atoms with Crippen LogP contribution in [0.15, 0.2) is 48.5 Å². The van der Waals surface area contributed by atoms with Gasteiger partial charge in [-0.1, -0.05) is 24.3 Å². The Balaban J connectivity index is 1.58. The van der Waals surface area contributed by atoms with Gasteiger partial charge in [0.1, 0.15) is 18.5 Å². The maximum atomic E-state index is 12.2. The van der Waals surface area contributed by atoms with Gasteiger partial charge in [0.15, 0.2) is 0 Å². The topological polar surface area (TPSA) is 88.1 Å². The van der Waals surface area contributed by atoms with E-state index in [1.807, 2.05) is 24.3 Å². The molecule has 7 nitrogen and oxygen atoms in total. The standard InChI is InChI=1S/C21H24N2O5/c1-23-18(12-28-13-20(23)25)21(26)15-5-7-16(8-6-15)22-19(24)11-14-3-9-17(27-2)10-4-14/h3-10,18,21,26H,11-13H2,1-2H3,(H,22,24)/t18-,21-/m1/s1. The Morgan fingerprint density at radius 1 is 1.25 bits per heavy atom. The maximum absolute atomic E-state index is 12.2. The molecule has 0 aliphatic carbocycles.